The molecule has 4 heteroatoms. The Morgan fingerprint density at radius 2 is 2.00 bits per heavy atom. The van der Waals surface area contributed by atoms with Crippen LogP contribution in [0, 0.1) is 5.41 Å². The van der Waals surface area contributed by atoms with Crippen molar-refractivity contribution in [3.8, 4) is 0 Å². The third kappa shape index (κ3) is 2.67. The van der Waals surface area contributed by atoms with Crippen LogP contribution in [0.1, 0.15) is 47.5 Å². The molecule has 2 aliphatic heterocycles. The van der Waals surface area contributed by atoms with E-state index in [0.717, 1.165) is 25.6 Å². The van der Waals surface area contributed by atoms with Gasteiger partial charge in [0.1, 0.15) is 0 Å². The van der Waals surface area contributed by atoms with Gasteiger partial charge < -0.3 is 15.1 Å². The van der Waals surface area contributed by atoms with Gasteiger partial charge in [-0.25, -0.2) is 0 Å². The van der Waals surface area contributed by atoms with Gasteiger partial charge in [-0.1, -0.05) is 13.8 Å². The molecule has 1 unspecified atom stereocenters. The number of likely N-dealkylation sites (N-methyl/N-ethyl adjacent to an activating group) is 1. The lowest BCUT2D eigenvalue weighted by Gasteiger charge is -2.62. The van der Waals surface area contributed by atoms with Crippen LogP contribution in [0.2, 0.25) is 0 Å². The molecule has 2 fully saturated rings. The Morgan fingerprint density at radius 3 is 2.45 bits per heavy atom. The van der Waals surface area contributed by atoms with E-state index >= 15 is 0 Å². The first-order valence-electron chi connectivity index (χ1n) is 8.06. The van der Waals surface area contributed by atoms with Gasteiger partial charge in [-0.2, -0.15) is 0 Å². The SMILES string of the molecule is CCNC(=NCC1CCCN1C)N1CC(C)(C)C1(C)C. The van der Waals surface area contributed by atoms with Crippen LogP contribution in [0.3, 0.4) is 0 Å². The minimum absolute atomic E-state index is 0.176. The Morgan fingerprint density at radius 1 is 1.30 bits per heavy atom. The number of guanidine groups is 1. The van der Waals surface area contributed by atoms with Crippen molar-refractivity contribution in [2.24, 2.45) is 10.4 Å². The van der Waals surface area contributed by atoms with E-state index in [4.69, 9.17) is 4.99 Å². The minimum Gasteiger partial charge on any atom is -0.356 e. The number of likely N-dealkylation sites (tertiary alicyclic amines) is 2. The molecule has 116 valence electrons. The zero-order chi connectivity index (χ0) is 15.0. The van der Waals surface area contributed by atoms with Crippen LogP contribution in [0.25, 0.3) is 0 Å². The van der Waals surface area contributed by atoms with Crippen LogP contribution in [-0.4, -0.2) is 60.6 Å². The van der Waals surface area contributed by atoms with Gasteiger partial charge in [0.2, 0.25) is 0 Å². The molecule has 0 aromatic rings. The predicted molar refractivity (Wildman–Crippen MR) is 86.2 cm³/mol. The molecular formula is C16H32N4. The zero-order valence-corrected chi connectivity index (χ0v) is 14.2. The molecule has 0 bridgehead atoms. The van der Waals surface area contributed by atoms with Crippen LogP contribution in [0.5, 0.6) is 0 Å². The summed E-state index contributed by atoms with van der Waals surface area (Å²) in [4.78, 5) is 9.80. The van der Waals surface area contributed by atoms with E-state index in [9.17, 15) is 0 Å². The van der Waals surface area contributed by atoms with Crippen LogP contribution in [0.4, 0.5) is 0 Å². The second-order valence-corrected chi connectivity index (χ2v) is 7.50. The van der Waals surface area contributed by atoms with E-state index in [1.807, 2.05) is 0 Å². The largest absolute Gasteiger partial charge is 0.356 e. The highest BCUT2D eigenvalue weighted by Gasteiger charge is 2.53. The molecule has 4 nitrogen and oxygen atoms in total. The van der Waals surface area contributed by atoms with E-state index in [1.165, 1.54) is 19.4 Å². The minimum atomic E-state index is 0.176. The number of nitrogens with one attached hydrogen (secondary N) is 1. The van der Waals surface area contributed by atoms with Gasteiger partial charge >= 0.3 is 0 Å². The topological polar surface area (TPSA) is 30.9 Å². The van der Waals surface area contributed by atoms with Crippen LogP contribution in [-0.2, 0) is 0 Å². The number of hydrogen-bond donors (Lipinski definition) is 1. The molecule has 0 aromatic carbocycles. The first kappa shape index (κ1) is 15.6. The van der Waals surface area contributed by atoms with Crippen LogP contribution < -0.4 is 5.32 Å². The standard InChI is InChI=1S/C16H32N4/c1-7-17-14(18-11-13-9-8-10-19(13)6)20-12-15(2,3)16(20,4)5/h13H,7-12H2,1-6H3,(H,17,18). The summed E-state index contributed by atoms with van der Waals surface area (Å²) < 4.78 is 0. The summed E-state index contributed by atoms with van der Waals surface area (Å²) in [6.07, 6.45) is 2.60. The highest BCUT2D eigenvalue weighted by Crippen LogP contribution is 2.46. The third-order valence-electron chi connectivity index (χ3n) is 5.60. The van der Waals surface area contributed by atoms with Gasteiger partial charge in [-0.15, -0.1) is 0 Å². The van der Waals surface area contributed by atoms with Crippen molar-refractivity contribution in [2.75, 3.05) is 33.2 Å². The Kier molecular flexibility index (Phi) is 4.33. The van der Waals surface area contributed by atoms with Crippen molar-refractivity contribution < 1.29 is 0 Å². The second-order valence-electron chi connectivity index (χ2n) is 7.50. The normalized spacial score (nSPS) is 29.4. The van der Waals surface area contributed by atoms with Crippen LogP contribution in [0.15, 0.2) is 4.99 Å². The van der Waals surface area contributed by atoms with Gasteiger partial charge in [0.25, 0.3) is 0 Å². The molecule has 0 aromatic heterocycles. The van der Waals surface area contributed by atoms with Crippen molar-refractivity contribution in [3.63, 3.8) is 0 Å². The van der Waals surface area contributed by atoms with E-state index < -0.39 is 0 Å². The quantitative estimate of drug-likeness (QED) is 0.635. The highest BCUT2D eigenvalue weighted by molar-refractivity contribution is 5.82. The Hall–Kier alpha value is -0.770. The summed E-state index contributed by atoms with van der Waals surface area (Å²) in [7, 11) is 2.22. The van der Waals surface area contributed by atoms with Gasteiger partial charge in [0, 0.05) is 30.1 Å². The summed E-state index contributed by atoms with van der Waals surface area (Å²) in [5.74, 6) is 1.09. The molecular weight excluding hydrogens is 248 g/mol. The van der Waals surface area contributed by atoms with Gasteiger partial charge in [-0.3, -0.25) is 4.99 Å². The van der Waals surface area contributed by atoms with E-state index in [1.54, 1.807) is 0 Å². The Bertz CT molecular complexity index is 373. The fraction of sp³-hybridized carbons (Fsp3) is 0.938. The van der Waals surface area contributed by atoms with Crippen molar-refractivity contribution in [2.45, 2.75) is 59.0 Å². The molecule has 2 saturated heterocycles. The fourth-order valence-corrected chi connectivity index (χ4v) is 3.20. The molecule has 20 heavy (non-hydrogen) atoms. The van der Waals surface area contributed by atoms with Crippen molar-refractivity contribution >= 4 is 5.96 Å². The summed E-state index contributed by atoms with van der Waals surface area (Å²) in [5, 5.41) is 3.47. The number of nitrogens with zero attached hydrogens (tertiary/aromatic N) is 3. The Labute approximate surface area is 124 Å². The Balaban J connectivity index is 2.04. The average Bonchev–Trinajstić information content (AvgIpc) is 2.77. The number of aliphatic imine (C=N–C) groups is 1. The number of rotatable bonds is 3. The molecule has 0 amide bonds. The summed E-state index contributed by atoms with van der Waals surface area (Å²) in [6.45, 7) is 15.7. The lowest BCUT2D eigenvalue weighted by molar-refractivity contribution is -0.0668. The van der Waals surface area contributed by atoms with Gasteiger partial charge in [-0.05, 0) is 47.2 Å². The van der Waals surface area contributed by atoms with Gasteiger partial charge in [0.15, 0.2) is 5.96 Å². The van der Waals surface area contributed by atoms with Gasteiger partial charge in [0.05, 0.1) is 6.54 Å². The maximum Gasteiger partial charge on any atom is 0.194 e. The van der Waals surface area contributed by atoms with Crippen molar-refractivity contribution in [1.82, 2.24) is 15.1 Å². The lowest BCUT2D eigenvalue weighted by Crippen LogP contribution is -2.72. The highest BCUT2D eigenvalue weighted by atomic mass is 15.4. The summed E-state index contributed by atoms with van der Waals surface area (Å²) in [6, 6.07) is 0.626. The summed E-state index contributed by atoms with van der Waals surface area (Å²) in [5.41, 5.74) is 0.531. The summed E-state index contributed by atoms with van der Waals surface area (Å²) >= 11 is 0. The molecule has 0 saturated carbocycles. The average molecular weight is 280 g/mol. The number of hydrogen-bond acceptors (Lipinski definition) is 2. The maximum atomic E-state index is 4.92. The monoisotopic (exact) mass is 280 g/mol. The van der Waals surface area contributed by atoms with Crippen molar-refractivity contribution in [1.29, 1.82) is 0 Å². The molecule has 0 radical (unpaired) electrons. The lowest BCUT2D eigenvalue weighted by atomic mass is 9.65. The second kappa shape index (κ2) is 5.55. The van der Waals surface area contributed by atoms with E-state index in [-0.39, 0.29) is 5.54 Å². The molecule has 2 aliphatic rings. The molecule has 0 aliphatic carbocycles. The van der Waals surface area contributed by atoms with E-state index in [2.05, 4.69) is 56.8 Å². The van der Waals surface area contributed by atoms with Crippen LogP contribution >= 0.6 is 0 Å². The molecule has 1 N–H and O–H groups in total. The fourth-order valence-electron chi connectivity index (χ4n) is 3.20. The first-order valence-corrected chi connectivity index (χ1v) is 8.06. The smallest absolute Gasteiger partial charge is 0.194 e. The maximum absolute atomic E-state index is 4.92. The zero-order valence-electron chi connectivity index (χ0n) is 14.2. The first-order chi connectivity index (χ1) is 9.29. The third-order valence-corrected chi connectivity index (χ3v) is 5.60. The molecule has 0 spiro atoms. The molecule has 2 rings (SSSR count). The van der Waals surface area contributed by atoms with Crippen molar-refractivity contribution in [3.05, 3.63) is 0 Å². The molecule has 1 atom stereocenters. The van der Waals surface area contributed by atoms with E-state index in [0.29, 0.717) is 11.5 Å². The predicted octanol–water partition coefficient (Wildman–Crippen LogP) is 2.17. The molecule has 2 heterocycles.